The van der Waals surface area contributed by atoms with Gasteiger partial charge in [-0.3, -0.25) is 9.59 Å². The smallest absolute Gasteiger partial charge is 0.255 e. The zero-order valence-electron chi connectivity index (χ0n) is 15.7. The van der Waals surface area contributed by atoms with Crippen LogP contribution in [0, 0.1) is 20.8 Å². The van der Waals surface area contributed by atoms with Crippen LogP contribution >= 0.6 is 0 Å². The Hall–Kier alpha value is -3.40. The average molecular weight is 358 g/mol. The minimum atomic E-state index is -0.213. The molecule has 4 nitrogen and oxygen atoms in total. The first-order valence-electron chi connectivity index (χ1n) is 8.79. The third-order valence-electron chi connectivity index (χ3n) is 4.26. The lowest BCUT2D eigenvalue weighted by Gasteiger charge is -2.12. The molecule has 0 bridgehead atoms. The van der Waals surface area contributed by atoms with Crippen molar-refractivity contribution in [1.82, 2.24) is 0 Å². The van der Waals surface area contributed by atoms with Crippen molar-refractivity contribution in [1.29, 1.82) is 0 Å². The molecule has 27 heavy (non-hydrogen) atoms. The Morgan fingerprint density at radius 3 is 1.96 bits per heavy atom. The van der Waals surface area contributed by atoms with Crippen molar-refractivity contribution >= 4 is 23.2 Å². The van der Waals surface area contributed by atoms with Gasteiger partial charge in [-0.15, -0.1) is 0 Å². The molecule has 3 aromatic rings. The maximum atomic E-state index is 12.6. The highest BCUT2D eigenvalue weighted by Gasteiger charge is 2.12. The fourth-order valence-electron chi connectivity index (χ4n) is 2.93. The van der Waals surface area contributed by atoms with Gasteiger partial charge in [0.25, 0.3) is 11.8 Å². The number of anilines is 2. The number of nitrogens with one attached hydrogen (secondary N) is 2. The van der Waals surface area contributed by atoms with E-state index in [1.807, 2.05) is 57.2 Å². The fraction of sp³-hybridized carbons (Fsp3) is 0.130. The molecular weight excluding hydrogens is 336 g/mol. The van der Waals surface area contributed by atoms with Crippen molar-refractivity contribution < 1.29 is 9.59 Å². The quantitative estimate of drug-likeness (QED) is 0.680. The molecule has 0 radical (unpaired) electrons. The molecule has 0 aliphatic rings. The van der Waals surface area contributed by atoms with Gasteiger partial charge in [0.15, 0.2) is 0 Å². The van der Waals surface area contributed by atoms with Crippen molar-refractivity contribution in [3.05, 3.63) is 94.5 Å². The van der Waals surface area contributed by atoms with E-state index in [1.54, 1.807) is 24.3 Å². The van der Waals surface area contributed by atoms with Crippen LogP contribution in [-0.4, -0.2) is 11.8 Å². The largest absolute Gasteiger partial charge is 0.322 e. The summed E-state index contributed by atoms with van der Waals surface area (Å²) in [6.07, 6.45) is 0. The first-order valence-corrected chi connectivity index (χ1v) is 8.79. The van der Waals surface area contributed by atoms with Crippen LogP contribution in [0.3, 0.4) is 0 Å². The van der Waals surface area contributed by atoms with Gasteiger partial charge in [-0.25, -0.2) is 0 Å². The number of hydrogen-bond acceptors (Lipinski definition) is 2. The highest BCUT2D eigenvalue weighted by atomic mass is 16.2. The maximum Gasteiger partial charge on any atom is 0.255 e. The van der Waals surface area contributed by atoms with Crippen LogP contribution in [0.25, 0.3) is 0 Å². The summed E-state index contributed by atoms with van der Waals surface area (Å²) in [5.41, 5.74) is 5.51. The number of hydrogen-bond donors (Lipinski definition) is 2. The summed E-state index contributed by atoms with van der Waals surface area (Å²) in [6, 6.07) is 20.2. The molecule has 0 heterocycles. The van der Waals surface area contributed by atoms with E-state index in [9.17, 15) is 9.59 Å². The molecule has 0 unspecified atom stereocenters. The van der Waals surface area contributed by atoms with E-state index in [1.165, 1.54) is 0 Å². The lowest BCUT2D eigenvalue weighted by molar-refractivity contribution is 0.101. The van der Waals surface area contributed by atoms with Crippen molar-refractivity contribution in [3.63, 3.8) is 0 Å². The molecule has 0 fully saturated rings. The summed E-state index contributed by atoms with van der Waals surface area (Å²) < 4.78 is 0. The SMILES string of the molecule is Cc1cc(C)cc(NC(=O)c2ccc(C)c(NC(=O)c3ccccc3)c2)c1. The second-order valence-corrected chi connectivity index (χ2v) is 6.68. The third-order valence-corrected chi connectivity index (χ3v) is 4.26. The molecular formula is C23H22N2O2. The molecule has 3 rings (SSSR count). The summed E-state index contributed by atoms with van der Waals surface area (Å²) in [5.74, 6) is -0.416. The number of rotatable bonds is 4. The molecule has 0 aliphatic carbocycles. The number of benzene rings is 3. The van der Waals surface area contributed by atoms with E-state index in [-0.39, 0.29) is 11.8 Å². The first-order chi connectivity index (χ1) is 12.9. The monoisotopic (exact) mass is 358 g/mol. The summed E-state index contributed by atoms with van der Waals surface area (Å²) in [6.45, 7) is 5.88. The lowest BCUT2D eigenvalue weighted by Crippen LogP contribution is -2.15. The highest BCUT2D eigenvalue weighted by Crippen LogP contribution is 2.20. The molecule has 0 aliphatic heterocycles. The van der Waals surface area contributed by atoms with Gasteiger partial charge in [-0.05, 0) is 73.9 Å². The molecule has 0 aromatic heterocycles. The molecule has 0 saturated carbocycles. The van der Waals surface area contributed by atoms with E-state index >= 15 is 0 Å². The molecule has 2 N–H and O–H groups in total. The second kappa shape index (κ2) is 7.87. The molecule has 4 heteroatoms. The number of aryl methyl sites for hydroxylation is 3. The Bertz CT molecular complexity index is 974. The van der Waals surface area contributed by atoms with Crippen molar-refractivity contribution in [3.8, 4) is 0 Å². The standard InChI is InChI=1S/C23H22N2O2/c1-15-11-16(2)13-20(12-15)24-23(27)19-10-9-17(3)21(14-19)25-22(26)18-7-5-4-6-8-18/h4-14H,1-3H3,(H,24,27)(H,25,26). The predicted molar refractivity (Wildman–Crippen MR) is 109 cm³/mol. The zero-order chi connectivity index (χ0) is 19.4. The van der Waals surface area contributed by atoms with Crippen molar-refractivity contribution in [2.24, 2.45) is 0 Å². The van der Waals surface area contributed by atoms with E-state index < -0.39 is 0 Å². The molecule has 3 aromatic carbocycles. The summed E-state index contributed by atoms with van der Waals surface area (Å²) in [5, 5.41) is 5.80. The van der Waals surface area contributed by atoms with Crippen LogP contribution in [0.2, 0.25) is 0 Å². The fourth-order valence-corrected chi connectivity index (χ4v) is 2.93. The van der Waals surface area contributed by atoms with Crippen LogP contribution in [0.1, 0.15) is 37.4 Å². The minimum absolute atomic E-state index is 0.203. The van der Waals surface area contributed by atoms with Gasteiger partial charge in [0.05, 0.1) is 0 Å². The average Bonchev–Trinajstić information content (AvgIpc) is 2.63. The van der Waals surface area contributed by atoms with Crippen LogP contribution in [0.15, 0.2) is 66.7 Å². The van der Waals surface area contributed by atoms with Crippen LogP contribution in [0.4, 0.5) is 11.4 Å². The first kappa shape index (κ1) is 18.4. The zero-order valence-corrected chi connectivity index (χ0v) is 15.7. The summed E-state index contributed by atoms with van der Waals surface area (Å²) in [7, 11) is 0. The van der Waals surface area contributed by atoms with Gasteiger partial charge < -0.3 is 10.6 Å². The molecule has 0 spiro atoms. The van der Waals surface area contributed by atoms with Gasteiger partial charge in [0, 0.05) is 22.5 Å². The van der Waals surface area contributed by atoms with Gasteiger partial charge in [0.1, 0.15) is 0 Å². The molecule has 0 atom stereocenters. The third kappa shape index (κ3) is 4.61. The normalized spacial score (nSPS) is 10.3. The Morgan fingerprint density at radius 2 is 1.30 bits per heavy atom. The number of carbonyl (C=O) groups is 2. The predicted octanol–water partition coefficient (Wildman–Crippen LogP) is 5.12. The summed E-state index contributed by atoms with van der Waals surface area (Å²) >= 11 is 0. The van der Waals surface area contributed by atoms with E-state index in [4.69, 9.17) is 0 Å². The van der Waals surface area contributed by atoms with Gasteiger partial charge in [0.2, 0.25) is 0 Å². The van der Waals surface area contributed by atoms with Crippen LogP contribution in [-0.2, 0) is 0 Å². The van der Waals surface area contributed by atoms with E-state index in [0.717, 1.165) is 22.4 Å². The van der Waals surface area contributed by atoms with Gasteiger partial charge in [-0.2, -0.15) is 0 Å². The molecule has 2 amide bonds. The van der Waals surface area contributed by atoms with Crippen molar-refractivity contribution in [2.75, 3.05) is 10.6 Å². The van der Waals surface area contributed by atoms with Crippen molar-refractivity contribution in [2.45, 2.75) is 20.8 Å². The van der Waals surface area contributed by atoms with E-state index in [0.29, 0.717) is 16.8 Å². The van der Waals surface area contributed by atoms with Gasteiger partial charge >= 0.3 is 0 Å². The number of amides is 2. The van der Waals surface area contributed by atoms with E-state index in [2.05, 4.69) is 16.7 Å². The van der Waals surface area contributed by atoms with Crippen LogP contribution in [0.5, 0.6) is 0 Å². The molecule has 0 saturated heterocycles. The topological polar surface area (TPSA) is 58.2 Å². The Balaban J connectivity index is 1.80. The minimum Gasteiger partial charge on any atom is -0.322 e. The highest BCUT2D eigenvalue weighted by molar-refractivity contribution is 6.07. The second-order valence-electron chi connectivity index (χ2n) is 6.68. The Morgan fingerprint density at radius 1 is 0.667 bits per heavy atom. The number of carbonyl (C=O) groups excluding carboxylic acids is 2. The lowest BCUT2D eigenvalue weighted by atomic mass is 10.1. The summed E-state index contributed by atoms with van der Waals surface area (Å²) in [4.78, 5) is 25.0. The maximum absolute atomic E-state index is 12.6. The Labute approximate surface area is 159 Å². The molecule has 136 valence electrons. The van der Waals surface area contributed by atoms with Crippen LogP contribution < -0.4 is 10.6 Å². The Kier molecular flexibility index (Phi) is 5.36. The van der Waals surface area contributed by atoms with Gasteiger partial charge in [-0.1, -0.05) is 30.3 Å².